The van der Waals surface area contributed by atoms with E-state index < -0.39 is 0 Å². The van der Waals surface area contributed by atoms with Crippen molar-refractivity contribution in [1.82, 2.24) is 24.6 Å². The quantitative estimate of drug-likeness (QED) is 0.832. The molecule has 1 amide bonds. The number of nitrogens with two attached hydrogens (primary N) is 1. The smallest absolute Gasteiger partial charge is 0.271 e. The van der Waals surface area contributed by atoms with Gasteiger partial charge in [0.2, 0.25) is 0 Å². The van der Waals surface area contributed by atoms with Gasteiger partial charge in [0, 0.05) is 39.0 Å². The second-order valence-corrected chi connectivity index (χ2v) is 4.62. The zero-order valence-corrected chi connectivity index (χ0v) is 12.1. The summed E-state index contributed by atoms with van der Waals surface area (Å²) < 4.78 is 3.56. The summed E-state index contributed by atoms with van der Waals surface area (Å²) >= 11 is 0. The summed E-state index contributed by atoms with van der Waals surface area (Å²) in [5, 5.41) is 7.10. The Kier molecular flexibility index (Phi) is 4.07. The van der Waals surface area contributed by atoms with Crippen molar-refractivity contribution in [1.29, 1.82) is 0 Å². The Morgan fingerprint density at radius 2 is 2.25 bits per heavy atom. The van der Waals surface area contributed by atoms with E-state index >= 15 is 0 Å². The Labute approximate surface area is 117 Å². The number of rotatable bonds is 5. The van der Waals surface area contributed by atoms with Crippen molar-refractivity contribution in [3.05, 3.63) is 29.6 Å². The van der Waals surface area contributed by atoms with Crippen LogP contribution in [0.15, 0.2) is 12.4 Å². The fourth-order valence-electron chi connectivity index (χ4n) is 2.07. The van der Waals surface area contributed by atoms with Crippen LogP contribution < -0.4 is 11.1 Å². The number of nitrogens with one attached hydrogen (secondary N) is 1. The van der Waals surface area contributed by atoms with Crippen molar-refractivity contribution >= 4 is 11.6 Å². The Bertz CT molecular complexity index is 612. The number of carbonyl (C=O) groups excluding carboxylic acids is 1. The van der Waals surface area contributed by atoms with Gasteiger partial charge in [-0.15, -0.1) is 0 Å². The zero-order valence-electron chi connectivity index (χ0n) is 12.1. The SMILES string of the molecule is CCn1nc(C)c(N)c1C(=O)NCCc1nccn1C. The minimum atomic E-state index is -0.195. The van der Waals surface area contributed by atoms with Gasteiger partial charge in [0.05, 0.1) is 11.4 Å². The lowest BCUT2D eigenvalue weighted by molar-refractivity contribution is 0.0944. The van der Waals surface area contributed by atoms with E-state index in [1.807, 2.05) is 24.7 Å². The fourth-order valence-corrected chi connectivity index (χ4v) is 2.07. The third kappa shape index (κ3) is 2.66. The number of nitrogens with zero attached hydrogens (tertiary/aromatic N) is 4. The number of imidazole rings is 1. The maximum atomic E-state index is 12.2. The molecule has 0 aliphatic carbocycles. The molecule has 0 saturated heterocycles. The van der Waals surface area contributed by atoms with Crippen LogP contribution in [-0.4, -0.2) is 31.8 Å². The molecule has 0 aliphatic heterocycles. The van der Waals surface area contributed by atoms with E-state index in [1.165, 1.54) is 0 Å². The van der Waals surface area contributed by atoms with Gasteiger partial charge in [-0.1, -0.05) is 0 Å². The minimum Gasteiger partial charge on any atom is -0.395 e. The molecule has 0 radical (unpaired) electrons. The molecule has 0 aliphatic rings. The predicted molar refractivity (Wildman–Crippen MR) is 76.3 cm³/mol. The van der Waals surface area contributed by atoms with Gasteiger partial charge in [-0.2, -0.15) is 5.10 Å². The molecule has 2 heterocycles. The monoisotopic (exact) mass is 276 g/mol. The highest BCUT2D eigenvalue weighted by Crippen LogP contribution is 2.16. The molecule has 2 aromatic heterocycles. The number of anilines is 1. The second-order valence-electron chi connectivity index (χ2n) is 4.62. The molecule has 0 unspecified atom stereocenters. The Balaban J connectivity index is 2.00. The Hall–Kier alpha value is -2.31. The zero-order chi connectivity index (χ0) is 14.7. The van der Waals surface area contributed by atoms with Gasteiger partial charge in [-0.3, -0.25) is 9.48 Å². The molecule has 0 aromatic carbocycles. The van der Waals surface area contributed by atoms with Crippen molar-refractivity contribution in [2.45, 2.75) is 26.8 Å². The van der Waals surface area contributed by atoms with Gasteiger partial charge in [0.1, 0.15) is 11.5 Å². The molecule has 108 valence electrons. The minimum absolute atomic E-state index is 0.195. The lowest BCUT2D eigenvalue weighted by Gasteiger charge is -2.07. The number of amides is 1. The van der Waals surface area contributed by atoms with E-state index in [0.29, 0.717) is 36.6 Å². The van der Waals surface area contributed by atoms with Crippen LogP contribution in [0.5, 0.6) is 0 Å². The molecule has 20 heavy (non-hydrogen) atoms. The largest absolute Gasteiger partial charge is 0.395 e. The summed E-state index contributed by atoms with van der Waals surface area (Å²) in [7, 11) is 1.93. The summed E-state index contributed by atoms with van der Waals surface area (Å²) in [4.78, 5) is 16.4. The standard InChI is InChI=1S/C13H20N6O/c1-4-19-12(11(14)9(2)17-19)13(20)16-6-5-10-15-7-8-18(10)3/h7-8H,4-6,14H2,1-3H3,(H,16,20). The van der Waals surface area contributed by atoms with Crippen LogP contribution in [0.2, 0.25) is 0 Å². The highest BCUT2D eigenvalue weighted by atomic mass is 16.2. The second kappa shape index (κ2) is 5.77. The van der Waals surface area contributed by atoms with E-state index in [1.54, 1.807) is 17.8 Å². The summed E-state index contributed by atoms with van der Waals surface area (Å²) in [5.74, 6) is 0.734. The number of carbonyl (C=O) groups is 1. The number of hydrogen-bond donors (Lipinski definition) is 2. The number of hydrogen-bond acceptors (Lipinski definition) is 4. The third-order valence-electron chi connectivity index (χ3n) is 3.24. The molecular formula is C13H20N6O. The van der Waals surface area contributed by atoms with Crippen molar-refractivity contribution < 1.29 is 4.79 Å². The van der Waals surface area contributed by atoms with Crippen LogP contribution in [-0.2, 0) is 20.0 Å². The highest BCUT2D eigenvalue weighted by Gasteiger charge is 2.18. The lowest BCUT2D eigenvalue weighted by Crippen LogP contribution is -2.29. The molecule has 7 nitrogen and oxygen atoms in total. The van der Waals surface area contributed by atoms with Crippen LogP contribution in [0.3, 0.4) is 0 Å². The maximum Gasteiger partial charge on any atom is 0.271 e. The van der Waals surface area contributed by atoms with Crippen LogP contribution in [0.25, 0.3) is 0 Å². The molecule has 0 bridgehead atoms. The summed E-state index contributed by atoms with van der Waals surface area (Å²) in [6.07, 6.45) is 4.30. The van der Waals surface area contributed by atoms with Gasteiger partial charge < -0.3 is 15.6 Å². The number of nitrogen functional groups attached to an aromatic ring is 1. The molecule has 0 saturated carbocycles. The van der Waals surface area contributed by atoms with Gasteiger partial charge in [0.25, 0.3) is 5.91 Å². The fraction of sp³-hybridized carbons (Fsp3) is 0.462. The molecule has 0 atom stereocenters. The number of aryl methyl sites for hydroxylation is 3. The third-order valence-corrected chi connectivity index (χ3v) is 3.24. The molecule has 3 N–H and O–H groups in total. The van der Waals surface area contributed by atoms with Gasteiger partial charge in [-0.05, 0) is 13.8 Å². The number of aromatic nitrogens is 4. The van der Waals surface area contributed by atoms with Gasteiger partial charge >= 0.3 is 0 Å². The van der Waals surface area contributed by atoms with E-state index in [9.17, 15) is 4.79 Å². The molecule has 2 aromatic rings. The Morgan fingerprint density at radius 1 is 1.50 bits per heavy atom. The normalized spacial score (nSPS) is 10.8. The first-order valence-corrected chi connectivity index (χ1v) is 6.61. The summed E-state index contributed by atoms with van der Waals surface area (Å²) in [6, 6.07) is 0. The molecule has 0 spiro atoms. The van der Waals surface area contributed by atoms with Crippen molar-refractivity contribution in [3.63, 3.8) is 0 Å². The van der Waals surface area contributed by atoms with E-state index in [4.69, 9.17) is 5.73 Å². The molecule has 2 rings (SSSR count). The summed E-state index contributed by atoms with van der Waals surface area (Å²) in [6.45, 7) is 4.85. The summed E-state index contributed by atoms with van der Waals surface area (Å²) in [5.41, 5.74) is 7.47. The predicted octanol–water partition coefficient (Wildman–Crippen LogP) is 0.500. The van der Waals surface area contributed by atoms with Crippen molar-refractivity contribution in [3.8, 4) is 0 Å². The average Bonchev–Trinajstić information content (AvgIpc) is 2.95. The van der Waals surface area contributed by atoms with Crippen molar-refractivity contribution in [2.75, 3.05) is 12.3 Å². The topological polar surface area (TPSA) is 90.8 Å². The van der Waals surface area contributed by atoms with Crippen LogP contribution in [0.1, 0.15) is 28.9 Å². The van der Waals surface area contributed by atoms with E-state index in [0.717, 1.165) is 5.82 Å². The van der Waals surface area contributed by atoms with E-state index in [-0.39, 0.29) is 5.91 Å². The molecule has 7 heteroatoms. The van der Waals surface area contributed by atoms with E-state index in [2.05, 4.69) is 15.4 Å². The van der Waals surface area contributed by atoms with Gasteiger partial charge in [0.15, 0.2) is 0 Å². The first-order chi connectivity index (χ1) is 9.54. The first-order valence-electron chi connectivity index (χ1n) is 6.61. The van der Waals surface area contributed by atoms with Crippen LogP contribution in [0.4, 0.5) is 5.69 Å². The molecular weight excluding hydrogens is 256 g/mol. The van der Waals surface area contributed by atoms with Crippen LogP contribution in [0, 0.1) is 6.92 Å². The molecule has 0 fully saturated rings. The highest BCUT2D eigenvalue weighted by molar-refractivity contribution is 5.97. The van der Waals surface area contributed by atoms with Crippen molar-refractivity contribution in [2.24, 2.45) is 7.05 Å². The van der Waals surface area contributed by atoms with Crippen LogP contribution >= 0.6 is 0 Å². The average molecular weight is 276 g/mol. The lowest BCUT2D eigenvalue weighted by atomic mass is 10.3. The Morgan fingerprint density at radius 3 is 2.85 bits per heavy atom. The maximum absolute atomic E-state index is 12.2. The first kappa shape index (κ1) is 14.1. The van der Waals surface area contributed by atoms with Gasteiger partial charge in [-0.25, -0.2) is 4.98 Å².